The van der Waals surface area contributed by atoms with E-state index in [4.69, 9.17) is 16.3 Å². The standard InChI is InChI=1S/C21H16ClN3O4S2.BrH/c1-11-17(20(28)29-2)18(14-8-5-9-30-14)25-16(26)10-15(31-21(25)23-11)19(27)24-13-7-4-3-6-12(13)22;/h3-10,18H,1-2H3,(H,24,27);1H. The summed E-state index contributed by atoms with van der Waals surface area (Å²) in [7, 11) is 1.29. The molecule has 7 nitrogen and oxygen atoms in total. The molecule has 0 saturated heterocycles. The highest BCUT2D eigenvalue weighted by Crippen LogP contribution is 2.43. The molecule has 2 amide bonds. The number of fused-ring (bicyclic) bond motifs is 1. The van der Waals surface area contributed by atoms with Crippen molar-refractivity contribution in [2.45, 2.75) is 13.0 Å². The van der Waals surface area contributed by atoms with Crippen LogP contribution in [0.5, 0.6) is 0 Å². The number of methoxy groups -OCH3 is 1. The molecule has 2 aliphatic rings. The van der Waals surface area contributed by atoms with Crippen LogP contribution < -0.4 is 5.32 Å². The first-order valence-electron chi connectivity index (χ1n) is 9.10. The van der Waals surface area contributed by atoms with E-state index in [1.54, 1.807) is 31.2 Å². The molecular weight excluding hydrogens is 538 g/mol. The number of amides is 2. The number of aliphatic imine (C=N–C) groups is 1. The molecule has 1 atom stereocenters. The number of carbonyl (C=O) groups excluding carboxylic acids is 3. The van der Waals surface area contributed by atoms with E-state index in [0.29, 0.717) is 27.1 Å². The van der Waals surface area contributed by atoms with E-state index in [2.05, 4.69) is 10.3 Å². The van der Waals surface area contributed by atoms with Gasteiger partial charge in [0.1, 0.15) is 6.04 Å². The van der Waals surface area contributed by atoms with Gasteiger partial charge >= 0.3 is 5.97 Å². The molecule has 3 heterocycles. The second-order valence-electron chi connectivity index (χ2n) is 6.56. The van der Waals surface area contributed by atoms with Gasteiger partial charge in [0.25, 0.3) is 11.8 Å². The number of thioether (sulfide) groups is 1. The Balaban J connectivity index is 0.00000289. The Morgan fingerprint density at radius 3 is 2.62 bits per heavy atom. The van der Waals surface area contributed by atoms with Gasteiger partial charge in [0.05, 0.1) is 34.0 Å². The number of esters is 1. The summed E-state index contributed by atoms with van der Waals surface area (Å²) in [4.78, 5) is 45.2. The van der Waals surface area contributed by atoms with E-state index in [1.807, 2.05) is 17.5 Å². The van der Waals surface area contributed by atoms with Gasteiger partial charge in [0.2, 0.25) is 0 Å². The van der Waals surface area contributed by atoms with Gasteiger partial charge in [-0.3, -0.25) is 14.5 Å². The van der Waals surface area contributed by atoms with Gasteiger partial charge in [-0.05, 0) is 42.3 Å². The fourth-order valence-corrected chi connectivity index (χ4v) is 5.23. The normalized spacial score (nSPS) is 17.7. The van der Waals surface area contributed by atoms with E-state index in [-0.39, 0.29) is 21.9 Å². The highest BCUT2D eigenvalue weighted by atomic mass is 79.9. The number of nitrogens with one attached hydrogen (secondary N) is 1. The van der Waals surface area contributed by atoms with Crippen LogP contribution in [0, 0.1) is 0 Å². The van der Waals surface area contributed by atoms with Crippen LogP contribution in [0.15, 0.2) is 69.0 Å². The average molecular weight is 555 g/mol. The summed E-state index contributed by atoms with van der Waals surface area (Å²) >= 11 is 8.59. The van der Waals surface area contributed by atoms with E-state index in [9.17, 15) is 14.4 Å². The Kier molecular flexibility index (Phi) is 7.60. The van der Waals surface area contributed by atoms with E-state index >= 15 is 0 Å². The number of para-hydroxylation sites is 1. The van der Waals surface area contributed by atoms with Gasteiger partial charge in [-0.25, -0.2) is 9.79 Å². The number of nitrogens with zero attached hydrogens (tertiary/aromatic N) is 2. The van der Waals surface area contributed by atoms with Crippen molar-refractivity contribution in [1.82, 2.24) is 4.90 Å². The minimum absolute atomic E-state index is 0. The minimum Gasteiger partial charge on any atom is -0.466 e. The quantitative estimate of drug-likeness (QED) is 0.541. The smallest absolute Gasteiger partial charge is 0.338 e. The zero-order valence-electron chi connectivity index (χ0n) is 16.8. The predicted octanol–water partition coefficient (Wildman–Crippen LogP) is 4.94. The summed E-state index contributed by atoms with van der Waals surface area (Å²) < 4.78 is 4.94. The summed E-state index contributed by atoms with van der Waals surface area (Å²) in [6, 6.07) is 9.84. The first-order chi connectivity index (χ1) is 14.9. The number of amidine groups is 1. The number of allylic oxidation sites excluding steroid dienone is 1. The molecule has 11 heteroatoms. The highest BCUT2D eigenvalue weighted by Gasteiger charge is 2.43. The molecule has 166 valence electrons. The number of benzene rings is 1. The molecule has 2 aromatic rings. The molecule has 1 aromatic heterocycles. The molecule has 0 bridgehead atoms. The lowest BCUT2D eigenvalue weighted by Crippen LogP contribution is -2.44. The Hall–Kier alpha value is -2.40. The highest BCUT2D eigenvalue weighted by molar-refractivity contribution is 8.93. The fraction of sp³-hybridized carbons (Fsp3) is 0.143. The molecule has 1 N–H and O–H groups in total. The maximum absolute atomic E-state index is 13.1. The average Bonchev–Trinajstić information content (AvgIpc) is 3.28. The fourth-order valence-electron chi connectivity index (χ4n) is 3.24. The van der Waals surface area contributed by atoms with Crippen LogP contribution in [0.3, 0.4) is 0 Å². The van der Waals surface area contributed by atoms with Crippen molar-refractivity contribution in [3.8, 4) is 0 Å². The maximum atomic E-state index is 13.1. The van der Waals surface area contributed by atoms with Gasteiger partial charge in [-0.2, -0.15) is 0 Å². The molecule has 0 radical (unpaired) electrons. The van der Waals surface area contributed by atoms with Gasteiger partial charge in [0.15, 0.2) is 5.17 Å². The number of ether oxygens (including phenoxy) is 1. The second-order valence-corrected chi connectivity index (χ2v) is 8.95. The van der Waals surface area contributed by atoms with Crippen molar-refractivity contribution in [2.75, 3.05) is 12.4 Å². The zero-order chi connectivity index (χ0) is 22.1. The van der Waals surface area contributed by atoms with Crippen molar-refractivity contribution in [1.29, 1.82) is 0 Å². The molecular formula is C21H17BrClN3O4S2. The van der Waals surface area contributed by atoms with Crippen molar-refractivity contribution < 1.29 is 19.1 Å². The summed E-state index contributed by atoms with van der Waals surface area (Å²) in [5.74, 6) is -1.47. The first-order valence-corrected chi connectivity index (χ1v) is 11.2. The molecule has 2 aliphatic heterocycles. The minimum atomic E-state index is -0.677. The number of hydrogen-bond acceptors (Lipinski definition) is 7. The van der Waals surface area contributed by atoms with Crippen molar-refractivity contribution in [3.05, 3.63) is 73.9 Å². The van der Waals surface area contributed by atoms with Crippen molar-refractivity contribution in [2.24, 2.45) is 4.99 Å². The summed E-state index contributed by atoms with van der Waals surface area (Å²) in [6.45, 7) is 1.68. The Labute approximate surface area is 207 Å². The second kappa shape index (κ2) is 10.0. The predicted molar refractivity (Wildman–Crippen MR) is 132 cm³/mol. The maximum Gasteiger partial charge on any atom is 0.338 e. The van der Waals surface area contributed by atoms with Crippen LogP contribution >= 0.6 is 51.7 Å². The lowest BCUT2D eigenvalue weighted by Gasteiger charge is -2.37. The van der Waals surface area contributed by atoms with Crippen LogP contribution in [-0.4, -0.2) is 35.0 Å². The summed E-state index contributed by atoms with van der Waals surface area (Å²) in [5, 5.41) is 5.29. The van der Waals surface area contributed by atoms with Gasteiger partial charge in [-0.1, -0.05) is 29.8 Å². The monoisotopic (exact) mass is 553 g/mol. The van der Waals surface area contributed by atoms with E-state index in [1.165, 1.54) is 29.4 Å². The number of rotatable bonds is 4. The van der Waals surface area contributed by atoms with Crippen molar-refractivity contribution >= 4 is 80.3 Å². The molecule has 0 aliphatic carbocycles. The Bertz CT molecular complexity index is 1180. The van der Waals surface area contributed by atoms with Crippen LogP contribution in [-0.2, 0) is 19.1 Å². The van der Waals surface area contributed by atoms with Gasteiger partial charge < -0.3 is 10.1 Å². The Morgan fingerprint density at radius 1 is 1.22 bits per heavy atom. The molecule has 0 saturated carbocycles. The van der Waals surface area contributed by atoms with Crippen LogP contribution in [0.4, 0.5) is 5.69 Å². The molecule has 4 rings (SSSR count). The van der Waals surface area contributed by atoms with Gasteiger partial charge in [-0.15, -0.1) is 28.3 Å². The van der Waals surface area contributed by atoms with E-state index < -0.39 is 23.8 Å². The van der Waals surface area contributed by atoms with Crippen molar-refractivity contribution in [3.63, 3.8) is 0 Å². The largest absolute Gasteiger partial charge is 0.466 e. The number of thiophene rings is 1. The first kappa shape index (κ1) is 24.2. The zero-order valence-corrected chi connectivity index (χ0v) is 20.9. The lowest BCUT2D eigenvalue weighted by molar-refractivity contribution is -0.137. The third-order valence-electron chi connectivity index (χ3n) is 4.65. The SMILES string of the molecule is Br.COC(=O)C1=C(C)N=C2SC(C(=O)Nc3ccccc3Cl)=CC(=O)N2C1c1cccs1. The molecule has 1 aromatic carbocycles. The molecule has 1 unspecified atom stereocenters. The summed E-state index contributed by atoms with van der Waals surface area (Å²) in [5.41, 5.74) is 1.17. The lowest BCUT2D eigenvalue weighted by atomic mass is 10.0. The number of hydrogen-bond donors (Lipinski definition) is 1. The third kappa shape index (κ3) is 4.54. The van der Waals surface area contributed by atoms with Crippen LogP contribution in [0.1, 0.15) is 17.8 Å². The molecule has 0 fully saturated rings. The topological polar surface area (TPSA) is 88.1 Å². The third-order valence-corrected chi connectivity index (χ3v) is 6.90. The number of halogens is 2. The number of anilines is 1. The number of carbonyl (C=O) groups is 3. The van der Waals surface area contributed by atoms with Gasteiger partial charge in [0, 0.05) is 11.0 Å². The summed E-state index contributed by atoms with van der Waals surface area (Å²) in [6.07, 6.45) is 1.24. The molecule has 32 heavy (non-hydrogen) atoms. The van der Waals surface area contributed by atoms with Crippen LogP contribution in [0.2, 0.25) is 5.02 Å². The Morgan fingerprint density at radius 2 is 1.97 bits per heavy atom. The van der Waals surface area contributed by atoms with Crippen LogP contribution in [0.25, 0.3) is 0 Å². The van der Waals surface area contributed by atoms with E-state index in [0.717, 1.165) is 16.6 Å². The molecule has 0 spiro atoms.